The maximum absolute atomic E-state index is 12.4. The van der Waals surface area contributed by atoms with Crippen LogP contribution < -0.4 is 10.5 Å². The molecule has 0 aliphatic carbocycles. The molecule has 19 heavy (non-hydrogen) atoms. The van der Waals surface area contributed by atoms with Crippen molar-refractivity contribution >= 4 is 5.91 Å². The Bertz CT molecular complexity index is 453. The standard InChI is InChI=1S/C15H22N2O2/c1-3-11-6-7-13(19-2)12(10-11)14(16)15(18)17-8-4-5-9-17/h6-7,10,14H,3-5,8-9,16H2,1-2H3. The third-order valence-corrected chi connectivity index (χ3v) is 3.72. The van der Waals surface area contributed by atoms with Crippen molar-refractivity contribution in [2.24, 2.45) is 5.73 Å². The molecule has 2 N–H and O–H groups in total. The number of likely N-dealkylation sites (tertiary alicyclic amines) is 1. The molecule has 1 heterocycles. The molecule has 1 saturated heterocycles. The minimum atomic E-state index is -0.625. The van der Waals surface area contributed by atoms with Gasteiger partial charge in [0.25, 0.3) is 0 Å². The van der Waals surface area contributed by atoms with Crippen LogP contribution in [-0.2, 0) is 11.2 Å². The van der Waals surface area contributed by atoms with Crippen molar-refractivity contribution in [3.63, 3.8) is 0 Å². The van der Waals surface area contributed by atoms with E-state index in [9.17, 15) is 4.79 Å². The largest absolute Gasteiger partial charge is 0.496 e. The molecule has 1 fully saturated rings. The lowest BCUT2D eigenvalue weighted by Crippen LogP contribution is -2.36. The Balaban J connectivity index is 2.25. The fourth-order valence-corrected chi connectivity index (χ4v) is 2.51. The fraction of sp³-hybridized carbons (Fsp3) is 0.533. The molecule has 1 atom stereocenters. The summed E-state index contributed by atoms with van der Waals surface area (Å²) in [7, 11) is 1.61. The van der Waals surface area contributed by atoms with Crippen molar-refractivity contribution in [3.05, 3.63) is 29.3 Å². The van der Waals surface area contributed by atoms with Crippen LogP contribution in [0.25, 0.3) is 0 Å². The van der Waals surface area contributed by atoms with Crippen LogP contribution in [0.15, 0.2) is 18.2 Å². The average Bonchev–Trinajstić information content (AvgIpc) is 2.99. The molecule has 4 nitrogen and oxygen atoms in total. The van der Waals surface area contributed by atoms with E-state index in [1.165, 1.54) is 5.56 Å². The van der Waals surface area contributed by atoms with Gasteiger partial charge in [0.1, 0.15) is 11.8 Å². The molecule has 0 radical (unpaired) electrons. The van der Waals surface area contributed by atoms with Crippen LogP contribution in [-0.4, -0.2) is 31.0 Å². The third kappa shape index (κ3) is 2.89. The molecule has 0 aromatic heterocycles. The zero-order valence-corrected chi connectivity index (χ0v) is 11.7. The van der Waals surface area contributed by atoms with E-state index >= 15 is 0 Å². The molecule has 104 valence electrons. The van der Waals surface area contributed by atoms with Crippen LogP contribution >= 0.6 is 0 Å². The van der Waals surface area contributed by atoms with E-state index in [4.69, 9.17) is 10.5 Å². The highest BCUT2D eigenvalue weighted by atomic mass is 16.5. The molecule has 1 aliphatic rings. The van der Waals surface area contributed by atoms with Gasteiger partial charge in [0.05, 0.1) is 7.11 Å². The summed E-state index contributed by atoms with van der Waals surface area (Å²) in [4.78, 5) is 14.2. The number of aryl methyl sites for hydroxylation is 1. The third-order valence-electron chi connectivity index (χ3n) is 3.72. The number of methoxy groups -OCH3 is 1. The smallest absolute Gasteiger partial charge is 0.244 e. The van der Waals surface area contributed by atoms with Crippen molar-refractivity contribution in [1.29, 1.82) is 0 Å². The molecular weight excluding hydrogens is 240 g/mol. The number of benzene rings is 1. The SMILES string of the molecule is CCc1ccc(OC)c(C(N)C(=O)N2CCCC2)c1. The fourth-order valence-electron chi connectivity index (χ4n) is 2.51. The van der Waals surface area contributed by atoms with Crippen LogP contribution in [0.4, 0.5) is 0 Å². The first-order valence-electron chi connectivity index (χ1n) is 6.88. The summed E-state index contributed by atoms with van der Waals surface area (Å²) >= 11 is 0. The average molecular weight is 262 g/mol. The number of rotatable bonds is 4. The Hall–Kier alpha value is -1.55. The lowest BCUT2D eigenvalue weighted by molar-refractivity contribution is -0.131. The van der Waals surface area contributed by atoms with Crippen molar-refractivity contribution in [2.75, 3.05) is 20.2 Å². The van der Waals surface area contributed by atoms with Gasteiger partial charge in [-0.3, -0.25) is 4.79 Å². The summed E-state index contributed by atoms with van der Waals surface area (Å²) in [5.74, 6) is 0.696. The van der Waals surface area contributed by atoms with E-state index in [0.29, 0.717) is 5.75 Å². The predicted molar refractivity (Wildman–Crippen MR) is 75.1 cm³/mol. The normalized spacial score (nSPS) is 16.5. The highest BCUT2D eigenvalue weighted by Crippen LogP contribution is 2.27. The molecule has 0 saturated carbocycles. The topological polar surface area (TPSA) is 55.6 Å². The second kappa shape index (κ2) is 6.06. The van der Waals surface area contributed by atoms with Crippen molar-refractivity contribution in [3.8, 4) is 5.75 Å². The van der Waals surface area contributed by atoms with E-state index < -0.39 is 6.04 Å². The first-order valence-corrected chi connectivity index (χ1v) is 6.88. The Morgan fingerprint density at radius 1 is 1.42 bits per heavy atom. The van der Waals surface area contributed by atoms with Gasteiger partial charge in [-0.1, -0.05) is 19.1 Å². The first kappa shape index (κ1) is 13.9. The van der Waals surface area contributed by atoms with Gasteiger partial charge in [0, 0.05) is 18.7 Å². The molecule has 2 rings (SSSR count). The Kier molecular flexibility index (Phi) is 4.43. The molecular formula is C15H22N2O2. The van der Waals surface area contributed by atoms with E-state index in [0.717, 1.165) is 37.9 Å². The van der Waals surface area contributed by atoms with Crippen LogP contribution in [0.2, 0.25) is 0 Å². The molecule has 1 amide bonds. The summed E-state index contributed by atoms with van der Waals surface area (Å²) in [5.41, 5.74) is 8.10. The van der Waals surface area contributed by atoms with Gasteiger partial charge in [0.15, 0.2) is 0 Å². The highest BCUT2D eigenvalue weighted by molar-refractivity contribution is 5.84. The maximum Gasteiger partial charge on any atom is 0.244 e. The van der Waals surface area contributed by atoms with Crippen molar-refractivity contribution in [1.82, 2.24) is 4.90 Å². The van der Waals surface area contributed by atoms with Gasteiger partial charge in [-0.15, -0.1) is 0 Å². The van der Waals surface area contributed by atoms with Crippen molar-refractivity contribution < 1.29 is 9.53 Å². The number of nitrogens with zero attached hydrogens (tertiary/aromatic N) is 1. The summed E-state index contributed by atoms with van der Waals surface area (Å²) in [5, 5.41) is 0. The summed E-state index contributed by atoms with van der Waals surface area (Å²) < 4.78 is 5.33. The summed E-state index contributed by atoms with van der Waals surface area (Å²) in [6.07, 6.45) is 3.07. The van der Waals surface area contributed by atoms with Crippen LogP contribution in [0.1, 0.15) is 36.9 Å². The number of nitrogens with two attached hydrogens (primary N) is 1. The molecule has 4 heteroatoms. The summed E-state index contributed by atoms with van der Waals surface area (Å²) in [6, 6.07) is 5.26. The minimum Gasteiger partial charge on any atom is -0.496 e. The quantitative estimate of drug-likeness (QED) is 0.901. The highest BCUT2D eigenvalue weighted by Gasteiger charge is 2.26. The maximum atomic E-state index is 12.4. The number of hydrogen-bond donors (Lipinski definition) is 1. The predicted octanol–water partition coefficient (Wildman–Crippen LogP) is 1.88. The molecule has 1 aromatic rings. The molecule has 1 aliphatic heterocycles. The van der Waals surface area contributed by atoms with Crippen LogP contribution in [0.5, 0.6) is 5.75 Å². The number of carbonyl (C=O) groups is 1. The zero-order chi connectivity index (χ0) is 13.8. The molecule has 0 bridgehead atoms. The summed E-state index contributed by atoms with van der Waals surface area (Å²) in [6.45, 7) is 3.73. The molecule has 1 aromatic carbocycles. The van der Waals surface area contributed by atoms with Crippen LogP contribution in [0.3, 0.4) is 0 Å². The van der Waals surface area contributed by atoms with Gasteiger partial charge in [0.2, 0.25) is 5.91 Å². The molecule has 1 unspecified atom stereocenters. The second-order valence-corrected chi connectivity index (χ2v) is 4.94. The lowest BCUT2D eigenvalue weighted by Gasteiger charge is -2.22. The van der Waals surface area contributed by atoms with E-state index in [-0.39, 0.29) is 5.91 Å². The Labute approximate surface area is 114 Å². The van der Waals surface area contributed by atoms with Crippen molar-refractivity contribution in [2.45, 2.75) is 32.2 Å². The van der Waals surface area contributed by atoms with Gasteiger partial charge < -0.3 is 15.4 Å². The minimum absolute atomic E-state index is 0.00375. The number of carbonyl (C=O) groups excluding carboxylic acids is 1. The van der Waals surface area contributed by atoms with Gasteiger partial charge in [-0.25, -0.2) is 0 Å². The Morgan fingerprint density at radius 2 is 2.11 bits per heavy atom. The Morgan fingerprint density at radius 3 is 2.68 bits per heavy atom. The molecule has 0 spiro atoms. The van der Waals surface area contributed by atoms with Gasteiger partial charge in [-0.2, -0.15) is 0 Å². The number of hydrogen-bond acceptors (Lipinski definition) is 3. The first-order chi connectivity index (χ1) is 9.17. The van der Waals surface area contributed by atoms with Gasteiger partial charge in [-0.05, 0) is 30.9 Å². The second-order valence-electron chi connectivity index (χ2n) is 4.94. The lowest BCUT2D eigenvalue weighted by atomic mass is 10.0. The van der Waals surface area contributed by atoms with E-state index in [1.54, 1.807) is 7.11 Å². The zero-order valence-electron chi connectivity index (χ0n) is 11.7. The van der Waals surface area contributed by atoms with E-state index in [1.807, 2.05) is 23.1 Å². The van der Waals surface area contributed by atoms with Crippen LogP contribution in [0, 0.1) is 0 Å². The van der Waals surface area contributed by atoms with Gasteiger partial charge >= 0.3 is 0 Å². The number of amides is 1. The monoisotopic (exact) mass is 262 g/mol. The van der Waals surface area contributed by atoms with E-state index in [2.05, 4.69) is 6.92 Å². The number of ether oxygens (including phenoxy) is 1.